The molecule has 1 atom stereocenters. The molecule has 1 fully saturated rings. The monoisotopic (exact) mass is 474 g/mol. The van der Waals surface area contributed by atoms with E-state index in [1.54, 1.807) is 13.8 Å². The summed E-state index contributed by atoms with van der Waals surface area (Å²) in [7, 11) is -4.66. The summed E-state index contributed by atoms with van der Waals surface area (Å²) in [5.41, 5.74) is 6.89. The van der Waals surface area contributed by atoms with Crippen molar-refractivity contribution in [2.45, 2.75) is 39.7 Å². The second-order valence-electron chi connectivity index (χ2n) is 6.98. The molecule has 0 saturated carbocycles. The van der Waals surface area contributed by atoms with Crippen LogP contribution < -0.4 is 5.73 Å². The Kier molecular flexibility index (Phi) is 9.60. The van der Waals surface area contributed by atoms with Crippen molar-refractivity contribution in [3.63, 3.8) is 0 Å². The highest BCUT2D eigenvalue weighted by molar-refractivity contribution is 8.17. The molecule has 1 amide bonds. The van der Waals surface area contributed by atoms with Crippen LogP contribution in [0.4, 0.5) is 5.82 Å². The number of phosphoric acid groups is 1. The van der Waals surface area contributed by atoms with Crippen LogP contribution in [0.25, 0.3) is 0 Å². The molecule has 1 aromatic rings. The molecule has 11 nitrogen and oxygen atoms in total. The summed E-state index contributed by atoms with van der Waals surface area (Å²) in [5.74, 6) is 0.453. The van der Waals surface area contributed by atoms with Gasteiger partial charge in [-0.2, -0.15) is 0 Å². The number of anilines is 1. The molecule has 2 rings (SSSR count). The van der Waals surface area contributed by atoms with Crippen molar-refractivity contribution in [2.24, 2.45) is 5.92 Å². The van der Waals surface area contributed by atoms with Crippen LogP contribution in [-0.2, 0) is 30.0 Å². The van der Waals surface area contributed by atoms with Gasteiger partial charge in [0, 0.05) is 35.4 Å². The van der Waals surface area contributed by atoms with Crippen LogP contribution in [0.3, 0.4) is 0 Å². The third-order valence-corrected chi connectivity index (χ3v) is 6.43. The first kappa shape index (κ1) is 25.4. The number of nitrogens with zero attached hydrogens (tertiary/aromatic N) is 3. The van der Waals surface area contributed by atoms with Gasteiger partial charge >= 0.3 is 7.82 Å². The molecule has 1 saturated heterocycles. The average molecular weight is 474 g/mol. The number of amides is 1. The topological polar surface area (TPSA) is 165 Å². The van der Waals surface area contributed by atoms with Crippen LogP contribution in [0, 0.1) is 12.8 Å². The lowest BCUT2D eigenvalue weighted by atomic mass is 10.0. The van der Waals surface area contributed by atoms with Crippen molar-refractivity contribution in [3.8, 4) is 0 Å². The minimum absolute atomic E-state index is 0.0329. The highest BCUT2D eigenvalue weighted by Gasteiger charge is 2.25. The largest absolute Gasteiger partial charge is 0.469 e. The molecule has 1 aromatic heterocycles. The number of aromatic nitrogens is 2. The maximum Gasteiger partial charge on any atom is 0.469 e. The van der Waals surface area contributed by atoms with Gasteiger partial charge < -0.3 is 25.2 Å². The maximum atomic E-state index is 12.7. The molecule has 0 spiro atoms. The molecule has 0 aromatic carbocycles. The van der Waals surface area contributed by atoms with E-state index in [2.05, 4.69) is 14.5 Å². The van der Waals surface area contributed by atoms with E-state index in [1.165, 1.54) is 11.1 Å². The Morgan fingerprint density at radius 2 is 2.26 bits per heavy atom. The summed E-state index contributed by atoms with van der Waals surface area (Å²) in [6, 6.07) is 0. The molecule has 0 aliphatic carbocycles. The number of allylic oxidation sites excluding steroid dienone is 1. The zero-order valence-electron chi connectivity index (χ0n) is 17.4. The number of carbonyl (C=O) groups excluding carboxylic acids is 2. The van der Waals surface area contributed by atoms with Crippen LogP contribution in [-0.4, -0.2) is 56.0 Å². The Morgan fingerprint density at radius 1 is 1.52 bits per heavy atom. The molecule has 13 heteroatoms. The molecule has 0 bridgehead atoms. The summed E-state index contributed by atoms with van der Waals surface area (Å²) in [6.45, 7) is 4.03. The number of phosphoric ester groups is 1. The number of hydrogen-bond donors (Lipinski definition) is 3. The van der Waals surface area contributed by atoms with E-state index in [4.69, 9.17) is 20.3 Å². The minimum Gasteiger partial charge on any atom is -0.383 e. The number of carbonyl (C=O) groups is 2. The Morgan fingerprint density at radius 3 is 2.84 bits per heavy atom. The molecule has 1 unspecified atom stereocenters. The third-order valence-electron chi connectivity index (χ3n) is 4.63. The number of nitrogens with two attached hydrogens (primary N) is 1. The summed E-state index contributed by atoms with van der Waals surface area (Å²) < 4.78 is 20.9. The van der Waals surface area contributed by atoms with Crippen molar-refractivity contribution >= 4 is 36.9 Å². The standard InChI is InChI=1S/C18H27N4O7PS/c1-12(22(11-23)9-15-8-20-13(2)21-17(15)19)16(5-7-29-30(25,26)27)31-18(24)14-4-3-6-28-10-14/h8,11,14H,3-7,9-10H2,1-2H3,(H2,19,20,21)(H2,25,26,27). The second kappa shape index (κ2) is 11.7. The van der Waals surface area contributed by atoms with Crippen LogP contribution in [0.1, 0.15) is 37.6 Å². The lowest BCUT2D eigenvalue weighted by Gasteiger charge is -2.24. The predicted octanol–water partition coefficient (Wildman–Crippen LogP) is 1.74. The normalized spacial score (nSPS) is 17.7. The average Bonchev–Trinajstić information content (AvgIpc) is 2.71. The highest BCUT2D eigenvalue weighted by Crippen LogP contribution is 2.38. The van der Waals surface area contributed by atoms with Gasteiger partial charge in [0.25, 0.3) is 0 Å². The fourth-order valence-electron chi connectivity index (χ4n) is 2.91. The van der Waals surface area contributed by atoms with Gasteiger partial charge in [0.15, 0.2) is 5.12 Å². The fourth-order valence-corrected chi connectivity index (χ4v) is 4.28. The van der Waals surface area contributed by atoms with E-state index in [9.17, 15) is 14.2 Å². The fraction of sp³-hybridized carbons (Fsp3) is 0.556. The van der Waals surface area contributed by atoms with Crippen LogP contribution in [0.15, 0.2) is 16.8 Å². The quantitative estimate of drug-likeness (QED) is 0.334. The number of thioether (sulfide) groups is 1. The summed E-state index contributed by atoms with van der Waals surface area (Å²) in [4.78, 5) is 52.4. The lowest BCUT2D eigenvalue weighted by molar-refractivity contribution is -0.118. The minimum atomic E-state index is -4.66. The predicted molar refractivity (Wildman–Crippen MR) is 114 cm³/mol. The smallest absolute Gasteiger partial charge is 0.383 e. The van der Waals surface area contributed by atoms with Gasteiger partial charge in [-0.1, -0.05) is 11.8 Å². The van der Waals surface area contributed by atoms with Crippen molar-refractivity contribution in [1.29, 1.82) is 0 Å². The molecule has 172 valence electrons. The van der Waals surface area contributed by atoms with Crippen LogP contribution >= 0.6 is 19.6 Å². The second-order valence-corrected chi connectivity index (χ2v) is 9.32. The summed E-state index contributed by atoms with van der Waals surface area (Å²) in [5, 5.41) is -0.130. The van der Waals surface area contributed by atoms with Gasteiger partial charge in [-0.15, -0.1) is 0 Å². The number of nitrogen functional groups attached to an aromatic ring is 1. The van der Waals surface area contributed by atoms with E-state index in [0.29, 0.717) is 48.0 Å². The number of aryl methyl sites for hydroxylation is 1. The molecule has 4 N–H and O–H groups in total. The van der Waals surface area contributed by atoms with Crippen LogP contribution in [0.5, 0.6) is 0 Å². The van der Waals surface area contributed by atoms with E-state index in [1.807, 2.05) is 0 Å². The Labute approximate surface area is 184 Å². The molecular formula is C18H27N4O7PS. The molecule has 2 heterocycles. The highest BCUT2D eigenvalue weighted by atomic mass is 32.2. The van der Waals surface area contributed by atoms with Crippen molar-refractivity contribution in [3.05, 3.63) is 28.2 Å². The van der Waals surface area contributed by atoms with Gasteiger partial charge in [0.2, 0.25) is 6.41 Å². The molecular weight excluding hydrogens is 447 g/mol. The Bertz CT molecular complexity index is 870. The van der Waals surface area contributed by atoms with Gasteiger partial charge in [0.1, 0.15) is 11.6 Å². The first-order chi connectivity index (χ1) is 14.6. The van der Waals surface area contributed by atoms with E-state index in [-0.39, 0.29) is 36.4 Å². The van der Waals surface area contributed by atoms with Crippen molar-refractivity contribution in [1.82, 2.24) is 14.9 Å². The van der Waals surface area contributed by atoms with Gasteiger partial charge in [0.05, 0.1) is 25.7 Å². The first-order valence-electron chi connectivity index (χ1n) is 9.60. The van der Waals surface area contributed by atoms with Gasteiger partial charge in [-0.3, -0.25) is 14.1 Å². The first-order valence-corrected chi connectivity index (χ1v) is 11.9. The Balaban J connectivity index is 2.23. The molecule has 31 heavy (non-hydrogen) atoms. The number of hydrogen-bond acceptors (Lipinski definition) is 9. The van der Waals surface area contributed by atoms with Gasteiger partial charge in [-0.05, 0) is 26.7 Å². The zero-order valence-corrected chi connectivity index (χ0v) is 19.1. The summed E-state index contributed by atoms with van der Waals surface area (Å²) in [6.07, 6.45) is 3.63. The number of ether oxygens (including phenoxy) is 1. The molecule has 0 radical (unpaired) electrons. The lowest BCUT2D eigenvalue weighted by Crippen LogP contribution is -2.25. The third kappa shape index (κ3) is 8.32. The SMILES string of the molecule is CC(=C(CCOP(=O)(O)O)SC(=O)C1CCCOC1)N(C=O)Cc1cnc(C)nc1N. The maximum absolute atomic E-state index is 12.7. The van der Waals surface area contributed by atoms with Crippen molar-refractivity contribution < 1.29 is 33.2 Å². The van der Waals surface area contributed by atoms with Crippen molar-refractivity contribution in [2.75, 3.05) is 25.6 Å². The van der Waals surface area contributed by atoms with Crippen LogP contribution in [0.2, 0.25) is 0 Å². The van der Waals surface area contributed by atoms with Gasteiger partial charge in [-0.25, -0.2) is 14.5 Å². The summed E-state index contributed by atoms with van der Waals surface area (Å²) >= 11 is 0.936. The molecule has 1 aliphatic heterocycles. The van der Waals surface area contributed by atoms with E-state index >= 15 is 0 Å². The zero-order chi connectivity index (χ0) is 23.0. The Hall–Kier alpha value is -1.82. The van der Waals surface area contributed by atoms with E-state index in [0.717, 1.165) is 18.2 Å². The molecule has 1 aliphatic rings. The van der Waals surface area contributed by atoms with E-state index < -0.39 is 7.82 Å². The number of rotatable bonds is 10.